The van der Waals surface area contributed by atoms with Crippen molar-refractivity contribution in [3.05, 3.63) is 23.8 Å². The Morgan fingerprint density at radius 3 is 2.84 bits per heavy atom. The Morgan fingerprint density at radius 2 is 2.26 bits per heavy atom. The second-order valence-electron chi connectivity index (χ2n) is 4.65. The number of nitrogens with one attached hydrogen (secondary N) is 2. The van der Waals surface area contributed by atoms with Crippen LogP contribution in [0.15, 0.2) is 12.4 Å². The van der Waals surface area contributed by atoms with E-state index in [0.29, 0.717) is 17.4 Å². The average molecular weight is 261 g/mol. The van der Waals surface area contributed by atoms with Gasteiger partial charge in [-0.25, -0.2) is 4.68 Å². The van der Waals surface area contributed by atoms with Crippen LogP contribution in [0.1, 0.15) is 22.2 Å². The lowest BCUT2D eigenvalue weighted by atomic mass is 10.2. The van der Waals surface area contributed by atoms with Crippen LogP contribution in [-0.4, -0.2) is 43.8 Å². The highest BCUT2D eigenvalue weighted by Gasteiger charge is 2.22. The van der Waals surface area contributed by atoms with E-state index in [-0.39, 0.29) is 5.91 Å². The third-order valence-corrected chi connectivity index (χ3v) is 3.14. The number of rotatable bonds is 3. The summed E-state index contributed by atoms with van der Waals surface area (Å²) in [6.07, 6.45) is 3.43. The van der Waals surface area contributed by atoms with Gasteiger partial charge >= 0.3 is 0 Å². The number of aryl methyl sites for hydroxylation is 2. The second kappa shape index (κ2) is 4.47. The molecule has 8 heteroatoms. The molecule has 2 aromatic rings. The van der Waals surface area contributed by atoms with Crippen LogP contribution < -0.4 is 10.6 Å². The molecule has 19 heavy (non-hydrogen) atoms. The maximum absolute atomic E-state index is 12.0. The highest BCUT2D eigenvalue weighted by Crippen LogP contribution is 2.14. The first-order valence-corrected chi connectivity index (χ1v) is 6.07. The van der Waals surface area contributed by atoms with Gasteiger partial charge in [-0.15, -0.1) is 5.10 Å². The first-order valence-electron chi connectivity index (χ1n) is 6.07. The summed E-state index contributed by atoms with van der Waals surface area (Å²) in [7, 11) is 1.81. The van der Waals surface area contributed by atoms with Gasteiger partial charge < -0.3 is 10.6 Å². The summed E-state index contributed by atoms with van der Waals surface area (Å²) in [6.45, 7) is 3.57. The van der Waals surface area contributed by atoms with Crippen molar-refractivity contribution in [2.45, 2.75) is 13.0 Å². The lowest BCUT2D eigenvalue weighted by Crippen LogP contribution is -2.43. The normalized spacial score (nSPS) is 15.3. The zero-order chi connectivity index (χ0) is 13.4. The van der Waals surface area contributed by atoms with Gasteiger partial charge in [-0.05, 0) is 6.92 Å². The molecule has 0 aliphatic carbocycles. The molecule has 2 N–H and O–H groups in total. The molecule has 1 aliphatic heterocycles. The summed E-state index contributed by atoms with van der Waals surface area (Å²) in [6, 6.07) is 0.300. The summed E-state index contributed by atoms with van der Waals surface area (Å²) in [4.78, 5) is 12.0. The molecule has 1 fully saturated rings. The molecule has 0 aromatic carbocycles. The van der Waals surface area contributed by atoms with Gasteiger partial charge in [-0.3, -0.25) is 9.48 Å². The van der Waals surface area contributed by atoms with Crippen LogP contribution >= 0.6 is 0 Å². The van der Waals surface area contributed by atoms with Crippen LogP contribution in [0.4, 0.5) is 5.69 Å². The average Bonchev–Trinajstić information content (AvgIpc) is 2.85. The molecule has 2 aromatic heterocycles. The molecular weight excluding hydrogens is 246 g/mol. The molecule has 0 unspecified atom stereocenters. The maximum Gasteiger partial charge on any atom is 0.277 e. The van der Waals surface area contributed by atoms with Crippen molar-refractivity contribution in [2.24, 2.45) is 7.05 Å². The van der Waals surface area contributed by atoms with E-state index in [0.717, 1.165) is 18.8 Å². The van der Waals surface area contributed by atoms with Gasteiger partial charge in [0, 0.05) is 26.3 Å². The van der Waals surface area contributed by atoms with Gasteiger partial charge in [-0.1, -0.05) is 5.21 Å². The number of carbonyl (C=O) groups excluding carboxylic acids is 1. The largest absolute Gasteiger partial charge is 0.318 e. The molecule has 0 saturated carbocycles. The minimum Gasteiger partial charge on any atom is -0.318 e. The van der Waals surface area contributed by atoms with Gasteiger partial charge in [0.1, 0.15) is 0 Å². The van der Waals surface area contributed by atoms with E-state index in [1.807, 2.05) is 14.0 Å². The van der Waals surface area contributed by atoms with E-state index < -0.39 is 0 Å². The van der Waals surface area contributed by atoms with Gasteiger partial charge in [0.25, 0.3) is 5.91 Å². The maximum atomic E-state index is 12.0. The number of amides is 1. The number of aromatic nitrogens is 5. The third-order valence-electron chi connectivity index (χ3n) is 3.14. The van der Waals surface area contributed by atoms with Crippen molar-refractivity contribution in [1.82, 2.24) is 30.1 Å². The highest BCUT2D eigenvalue weighted by molar-refractivity contribution is 6.02. The Kier molecular flexibility index (Phi) is 2.79. The Bertz CT molecular complexity index is 610. The zero-order valence-corrected chi connectivity index (χ0v) is 10.8. The molecule has 0 spiro atoms. The van der Waals surface area contributed by atoms with Crippen molar-refractivity contribution in [1.29, 1.82) is 0 Å². The molecule has 1 aliphatic rings. The molecule has 0 atom stereocenters. The van der Waals surface area contributed by atoms with Gasteiger partial charge in [0.15, 0.2) is 5.69 Å². The van der Waals surface area contributed by atoms with Crippen LogP contribution in [0, 0.1) is 6.92 Å². The fourth-order valence-corrected chi connectivity index (χ4v) is 1.93. The first kappa shape index (κ1) is 11.8. The van der Waals surface area contributed by atoms with E-state index >= 15 is 0 Å². The minimum atomic E-state index is -0.269. The van der Waals surface area contributed by atoms with E-state index in [1.54, 1.807) is 21.8 Å². The predicted octanol–water partition coefficient (Wildman–Crippen LogP) is -0.283. The lowest BCUT2D eigenvalue weighted by Gasteiger charge is -2.26. The summed E-state index contributed by atoms with van der Waals surface area (Å²) in [5.41, 5.74) is 1.77. The number of hydrogen-bond donors (Lipinski definition) is 2. The summed E-state index contributed by atoms with van der Waals surface area (Å²) in [5.74, 6) is -0.269. The van der Waals surface area contributed by atoms with E-state index in [2.05, 4.69) is 26.0 Å². The monoisotopic (exact) mass is 261 g/mol. The number of carbonyl (C=O) groups is 1. The summed E-state index contributed by atoms with van der Waals surface area (Å²) in [5, 5.41) is 18.0. The molecule has 100 valence electrons. The van der Waals surface area contributed by atoms with Crippen molar-refractivity contribution >= 4 is 11.6 Å². The van der Waals surface area contributed by atoms with E-state index in [9.17, 15) is 4.79 Å². The molecule has 1 saturated heterocycles. The number of hydrogen-bond acceptors (Lipinski definition) is 5. The molecule has 0 radical (unpaired) electrons. The van der Waals surface area contributed by atoms with Gasteiger partial charge in [0.05, 0.1) is 23.6 Å². The smallest absolute Gasteiger partial charge is 0.277 e. The van der Waals surface area contributed by atoms with Crippen LogP contribution in [0.25, 0.3) is 0 Å². The SMILES string of the molecule is Cc1nn(C)cc1NC(=O)c1cn(C2CNC2)nn1. The summed E-state index contributed by atoms with van der Waals surface area (Å²) < 4.78 is 3.38. The Balaban J connectivity index is 1.73. The fraction of sp³-hybridized carbons (Fsp3) is 0.455. The Labute approximate surface area is 109 Å². The zero-order valence-electron chi connectivity index (χ0n) is 10.8. The van der Waals surface area contributed by atoms with E-state index in [1.165, 1.54) is 0 Å². The highest BCUT2D eigenvalue weighted by atomic mass is 16.2. The van der Waals surface area contributed by atoms with E-state index in [4.69, 9.17) is 0 Å². The van der Waals surface area contributed by atoms with Gasteiger partial charge in [-0.2, -0.15) is 5.10 Å². The number of nitrogens with zero attached hydrogens (tertiary/aromatic N) is 5. The topological polar surface area (TPSA) is 89.7 Å². The quantitative estimate of drug-likeness (QED) is 0.793. The predicted molar refractivity (Wildman–Crippen MR) is 67.8 cm³/mol. The summed E-state index contributed by atoms with van der Waals surface area (Å²) >= 11 is 0. The molecule has 1 amide bonds. The first-order chi connectivity index (χ1) is 9.13. The Hall–Kier alpha value is -2.22. The van der Waals surface area contributed by atoms with Crippen molar-refractivity contribution < 1.29 is 4.79 Å². The fourth-order valence-electron chi connectivity index (χ4n) is 1.93. The molecule has 8 nitrogen and oxygen atoms in total. The lowest BCUT2D eigenvalue weighted by molar-refractivity contribution is 0.102. The second-order valence-corrected chi connectivity index (χ2v) is 4.65. The standard InChI is InChI=1S/C11H15N7O/c1-7-9(5-17(2)15-7)13-11(19)10-6-18(16-14-10)8-3-12-4-8/h5-6,8,12H,3-4H2,1-2H3,(H,13,19). The molecule has 3 heterocycles. The van der Waals surface area contributed by atoms with Crippen LogP contribution in [0.5, 0.6) is 0 Å². The van der Waals surface area contributed by atoms with Crippen LogP contribution in [0.2, 0.25) is 0 Å². The number of anilines is 1. The molecule has 0 bridgehead atoms. The van der Waals surface area contributed by atoms with Crippen molar-refractivity contribution in [2.75, 3.05) is 18.4 Å². The third kappa shape index (κ3) is 2.22. The minimum absolute atomic E-state index is 0.269. The molecular formula is C11H15N7O. The van der Waals surface area contributed by atoms with Crippen molar-refractivity contribution in [3.63, 3.8) is 0 Å². The molecule has 3 rings (SSSR count). The van der Waals surface area contributed by atoms with Crippen molar-refractivity contribution in [3.8, 4) is 0 Å². The van der Waals surface area contributed by atoms with Crippen LogP contribution in [0.3, 0.4) is 0 Å². The van der Waals surface area contributed by atoms with Gasteiger partial charge in [0.2, 0.25) is 0 Å². The van der Waals surface area contributed by atoms with Crippen LogP contribution in [-0.2, 0) is 7.05 Å². The Morgan fingerprint density at radius 1 is 1.47 bits per heavy atom.